The average molecular weight is 1180 g/mol. The molecule has 82 heavy (non-hydrogen) atoms. The number of aromatic nitrogens is 1. The molecule has 33 heteroatoms. The Hall–Kier alpha value is -8.88. The molecule has 10 atom stereocenters. The minimum Gasteiger partial charge on any atom is -0.481 e. The second kappa shape index (κ2) is 33.6. The van der Waals surface area contributed by atoms with Gasteiger partial charge < -0.3 is 89.8 Å². The molecule has 1 aromatic carbocycles. The predicted molar refractivity (Wildman–Crippen MR) is 286 cm³/mol. The summed E-state index contributed by atoms with van der Waals surface area (Å²) in [5.41, 5.74) is 12.0. The van der Waals surface area contributed by atoms with Crippen LogP contribution in [0, 0.1) is 11.8 Å². The van der Waals surface area contributed by atoms with E-state index in [1.54, 1.807) is 31.2 Å². The first kappa shape index (κ1) is 69.2. The number of H-pyrrole nitrogens is 1. The van der Waals surface area contributed by atoms with Crippen molar-refractivity contribution >= 4 is 112 Å². The summed E-state index contributed by atoms with van der Waals surface area (Å²) in [6.45, 7) is 5.08. The number of carbonyl (C=O) groups excluding carboxylic acids is 10. The summed E-state index contributed by atoms with van der Waals surface area (Å²) < 4.78 is 0. The van der Waals surface area contributed by atoms with Gasteiger partial charge in [0.25, 0.3) is 0 Å². The van der Waals surface area contributed by atoms with Crippen molar-refractivity contribution in [2.24, 2.45) is 23.3 Å². The lowest BCUT2D eigenvalue weighted by Gasteiger charge is -2.29. The summed E-state index contributed by atoms with van der Waals surface area (Å²) >= 11 is 3.88. The number of hydrogen-bond donors (Lipinski definition) is 18. The van der Waals surface area contributed by atoms with Crippen molar-refractivity contribution in [3.63, 3.8) is 0 Å². The van der Waals surface area contributed by atoms with Crippen molar-refractivity contribution in [1.82, 2.24) is 52.8 Å². The molecule has 32 nitrogen and oxygen atoms in total. The summed E-state index contributed by atoms with van der Waals surface area (Å²) in [5.74, 6) is -20.9. The summed E-state index contributed by atoms with van der Waals surface area (Å²) in [5, 5.41) is 68.1. The van der Waals surface area contributed by atoms with Crippen LogP contribution < -0.4 is 59.3 Å². The molecule has 2 aromatic rings. The van der Waals surface area contributed by atoms with E-state index in [0.29, 0.717) is 16.5 Å². The van der Waals surface area contributed by atoms with E-state index in [2.05, 4.69) is 65.5 Å². The third-order valence-corrected chi connectivity index (χ3v) is 12.7. The highest BCUT2D eigenvalue weighted by Gasteiger charge is 2.37. The number of nitrogens with two attached hydrogens (primary N) is 2. The lowest BCUT2D eigenvalue weighted by atomic mass is 9.97. The largest absolute Gasteiger partial charge is 0.481 e. The molecule has 10 amide bonds. The second-order valence-corrected chi connectivity index (χ2v) is 19.5. The summed E-state index contributed by atoms with van der Waals surface area (Å²) in [7, 11) is 0. The SMILES string of the molecule is CC[C@H](C)[C@H](NC(=O)CNC(=O)[C@H](CCC(=O)O)NC(=O)[C@H](CC(=O)O)NC(=O)[C@@H](N)CS)C(=O)N[C@@H](CCC(N)=O)C(=O)N[C@H](C(=O)N[C@@H](CC(=O)O)C(=O)N[C@@H](Cc1c[nH]c2ccccc12)C(=O)N[C@@H](CC(=O)O)C(=O)O)C(C)C. The van der Waals surface area contributed by atoms with E-state index in [-0.39, 0.29) is 18.6 Å². The molecule has 1 aromatic heterocycles. The van der Waals surface area contributed by atoms with E-state index in [1.165, 1.54) is 27.0 Å². The summed E-state index contributed by atoms with van der Waals surface area (Å²) in [4.78, 5) is 195. The number of rotatable bonds is 37. The Morgan fingerprint density at radius 3 is 1.54 bits per heavy atom. The van der Waals surface area contributed by atoms with Crippen molar-refractivity contribution in [2.75, 3.05) is 12.3 Å². The number of nitrogens with one attached hydrogen (secondary N) is 10. The lowest BCUT2D eigenvalue weighted by molar-refractivity contribution is -0.147. The van der Waals surface area contributed by atoms with Gasteiger partial charge in [-0.1, -0.05) is 52.3 Å². The maximum Gasteiger partial charge on any atom is 0.326 e. The fourth-order valence-electron chi connectivity index (χ4n) is 7.67. The van der Waals surface area contributed by atoms with E-state index >= 15 is 0 Å². The van der Waals surface area contributed by atoms with Crippen LogP contribution in [0.25, 0.3) is 10.9 Å². The van der Waals surface area contributed by atoms with Gasteiger partial charge in [-0.2, -0.15) is 12.6 Å². The quantitative estimate of drug-likeness (QED) is 0.0283. The zero-order chi connectivity index (χ0) is 62.1. The van der Waals surface area contributed by atoms with Crippen LogP contribution in [0.1, 0.15) is 84.6 Å². The topological polar surface area (TPSA) is 533 Å². The number of amides is 10. The number of aromatic amines is 1. The van der Waals surface area contributed by atoms with E-state index in [1.807, 2.05) is 0 Å². The van der Waals surface area contributed by atoms with Crippen molar-refractivity contribution < 1.29 is 97.5 Å². The zero-order valence-corrected chi connectivity index (χ0v) is 45.9. The lowest BCUT2D eigenvalue weighted by Crippen LogP contribution is -2.61. The Morgan fingerprint density at radius 1 is 0.549 bits per heavy atom. The molecular weight excluding hydrogens is 1110 g/mol. The van der Waals surface area contributed by atoms with Gasteiger partial charge in [-0.15, -0.1) is 0 Å². The van der Waals surface area contributed by atoms with Crippen molar-refractivity contribution in [1.29, 1.82) is 0 Å². The van der Waals surface area contributed by atoms with Crippen LogP contribution >= 0.6 is 12.6 Å². The first-order valence-electron chi connectivity index (χ1n) is 25.4. The second-order valence-electron chi connectivity index (χ2n) is 19.2. The molecular formula is C49H70N12O20S. The molecule has 19 N–H and O–H groups in total. The first-order valence-corrected chi connectivity index (χ1v) is 26.0. The third kappa shape index (κ3) is 23.4. The number of benzene rings is 1. The van der Waals surface area contributed by atoms with Crippen molar-refractivity contribution in [3.05, 3.63) is 36.0 Å². The van der Waals surface area contributed by atoms with E-state index < -0.39 is 207 Å². The van der Waals surface area contributed by atoms with Crippen molar-refractivity contribution in [3.8, 4) is 0 Å². The molecule has 2 rings (SSSR count). The molecule has 0 radical (unpaired) electrons. The number of thiol groups is 1. The Labute approximate surface area is 472 Å². The molecule has 0 saturated heterocycles. The number of carboxylic acids is 5. The molecule has 0 aliphatic rings. The fraction of sp³-hybridized carbons (Fsp3) is 0.531. The average Bonchev–Trinajstić information content (AvgIpc) is 3.89. The number of fused-ring (bicyclic) bond motifs is 1. The Bertz CT molecular complexity index is 2700. The highest BCUT2D eigenvalue weighted by Crippen LogP contribution is 2.20. The van der Waals surface area contributed by atoms with Crippen LogP contribution in [0.3, 0.4) is 0 Å². The van der Waals surface area contributed by atoms with E-state index in [9.17, 15) is 97.5 Å². The van der Waals surface area contributed by atoms with Crippen LogP contribution in [0.5, 0.6) is 0 Å². The molecule has 0 saturated carbocycles. The van der Waals surface area contributed by atoms with Crippen LogP contribution in [0.2, 0.25) is 0 Å². The smallest absolute Gasteiger partial charge is 0.326 e. The van der Waals surface area contributed by atoms with Gasteiger partial charge in [-0.25, -0.2) is 4.79 Å². The van der Waals surface area contributed by atoms with Gasteiger partial charge in [0, 0.05) is 42.1 Å². The maximum atomic E-state index is 14.0. The number of carbonyl (C=O) groups is 15. The van der Waals surface area contributed by atoms with Crippen LogP contribution in [-0.2, 0) is 78.3 Å². The minimum absolute atomic E-state index is 0.195. The van der Waals surface area contributed by atoms with Gasteiger partial charge in [0.15, 0.2) is 0 Å². The Morgan fingerprint density at radius 2 is 1.01 bits per heavy atom. The Kier molecular flexibility index (Phi) is 28.4. The molecule has 0 spiro atoms. The van der Waals surface area contributed by atoms with Crippen LogP contribution in [0.4, 0.5) is 0 Å². The van der Waals surface area contributed by atoms with Crippen LogP contribution in [-0.4, -0.2) is 186 Å². The maximum absolute atomic E-state index is 14.0. The number of para-hydroxylation sites is 1. The zero-order valence-electron chi connectivity index (χ0n) is 45.0. The minimum atomic E-state index is -2.00. The van der Waals surface area contributed by atoms with Crippen molar-refractivity contribution in [2.45, 2.75) is 140 Å². The van der Waals surface area contributed by atoms with E-state index in [4.69, 9.17) is 11.5 Å². The first-order chi connectivity index (χ1) is 38.4. The molecule has 0 aliphatic heterocycles. The molecule has 0 fully saturated rings. The normalized spacial score (nSPS) is 14.7. The molecule has 1 heterocycles. The van der Waals surface area contributed by atoms with Gasteiger partial charge in [-0.05, 0) is 36.3 Å². The molecule has 452 valence electrons. The van der Waals surface area contributed by atoms with Gasteiger partial charge in [0.05, 0.1) is 31.8 Å². The number of aliphatic carboxylic acids is 5. The number of primary amides is 1. The number of hydrogen-bond acceptors (Lipinski definition) is 17. The Balaban J connectivity index is 2.37. The summed E-state index contributed by atoms with van der Waals surface area (Å²) in [6, 6.07) is -8.61. The predicted octanol–water partition coefficient (Wildman–Crippen LogP) is -4.70. The number of carboxylic acid groups (broad SMARTS) is 5. The van der Waals surface area contributed by atoms with Gasteiger partial charge in [0.1, 0.15) is 48.3 Å². The fourth-order valence-corrected chi connectivity index (χ4v) is 7.84. The van der Waals surface area contributed by atoms with E-state index in [0.717, 1.165) is 0 Å². The highest BCUT2D eigenvalue weighted by atomic mass is 32.1. The van der Waals surface area contributed by atoms with Gasteiger partial charge in [-0.3, -0.25) is 67.1 Å². The molecule has 0 aliphatic carbocycles. The molecule has 0 bridgehead atoms. The van der Waals surface area contributed by atoms with Gasteiger partial charge >= 0.3 is 29.8 Å². The van der Waals surface area contributed by atoms with Gasteiger partial charge in [0.2, 0.25) is 59.1 Å². The van der Waals surface area contributed by atoms with Crippen LogP contribution in [0.15, 0.2) is 30.5 Å². The third-order valence-electron chi connectivity index (χ3n) is 12.4. The standard InChI is InChI=1S/C49H70N12O20S/c1-5-22(4)40(60-34(63)19-53-42(73)27(11-13-35(64)65)54-45(76)30(15-36(66)67)56-41(72)25(50)20-82)48(79)55-28(10-12-33(51)62)43(74)61-39(21(2)3)47(78)58-31(16-37(68)69)46(77)57-29(44(75)59-32(49(80)81)17-38(70)71)14-23-18-52-26-9-7-6-8-24(23)26/h6-9,18,21-22,25,27-32,39-40,52,82H,5,10-17,19-20,50H2,1-4H3,(H2,51,62)(H,53,73)(H,54,76)(H,55,79)(H,56,72)(H,57,77)(H,58,78)(H,59,75)(H,60,63)(H,61,74)(H,64,65)(H,66,67)(H,68,69)(H,70,71)(H,80,81)/t22-,25-,27-,28-,29-,30-,31-,32-,39-,40-/m0/s1. The monoisotopic (exact) mass is 1180 g/mol. The summed E-state index contributed by atoms with van der Waals surface area (Å²) in [6.07, 6.45) is -4.21. The highest BCUT2D eigenvalue weighted by molar-refractivity contribution is 7.80. The molecule has 0 unspecified atom stereocenters.